The maximum absolute atomic E-state index is 13.1. The lowest BCUT2D eigenvalue weighted by molar-refractivity contribution is -0.242. The van der Waals surface area contributed by atoms with Gasteiger partial charge in [0.2, 0.25) is 15.4 Å². The van der Waals surface area contributed by atoms with Crippen LogP contribution in [0.15, 0.2) is 51.1 Å². The van der Waals surface area contributed by atoms with Crippen molar-refractivity contribution in [1.82, 2.24) is 0 Å². The molecular formula is C17H14ClF4NO6S2. The van der Waals surface area contributed by atoms with Crippen molar-refractivity contribution in [2.45, 2.75) is 33.4 Å². The number of hydrogen-bond acceptors (Lipinski definition) is 6. The number of anilines is 1. The van der Waals surface area contributed by atoms with E-state index in [1.165, 1.54) is 0 Å². The van der Waals surface area contributed by atoms with Crippen LogP contribution >= 0.6 is 11.6 Å². The minimum Gasteiger partial charge on any atom is -0.373 e. The number of carbonyl (C=O) groups is 1. The summed E-state index contributed by atoms with van der Waals surface area (Å²) in [6, 6.07) is 4.86. The highest BCUT2D eigenvalue weighted by atomic mass is 35.5. The molecule has 1 atom stereocenters. The third-order valence-corrected chi connectivity index (χ3v) is 7.70. The van der Waals surface area contributed by atoms with Crippen molar-refractivity contribution in [3.05, 3.63) is 47.2 Å². The molecule has 0 aliphatic rings. The fourth-order valence-corrected chi connectivity index (χ4v) is 5.99. The molecule has 0 spiro atoms. The molecule has 0 heterocycles. The average molecular weight is 504 g/mol. The first kappa shape index (κ1) is 25.0. The summed E-state index contributed by atoms with van der Waals surface area (Å²) in [5.74, 6) is -2.73. The van der Waals surface area contributed by atoms with E-state index in [9.17, 15) is 44.3 Å². The van der Waals surface area contributed by atoms with Crippen LogP contribution in [0.4, 0.5) is 23.2 Å². The molecule has 14 heteroatoms. The van der Waals surface area contributed by atoms with Crippen LogP contribution in [0, 0.1) is 5.82 Å². The molecular weight excluding hydrogens is 490 g/mol. The number of alkyl halides is 3. The second-order valence-electron chi connectivity index (χ2n) is 6.51. The van der Waals surface area contributed by atoms with E-state index in [-0.39, 0.29) is 6.92 Å². The van der Waals surface area contributed by atoms with Crippen LogP contribution < -0.4 is 5.32 Å². The number of nitrogens with one attached hydrogen (secondary N) is 1. The van der Waals surface area contributed by atoms with Crippen LogP contribution in [0.1, 0.15) is 6.92 Å². The normalized spacial score (nSPS) is 14.7. The molecule has 0 aliphatic carbocycles. The van der Waals surface area contributed by atoms with Gasteiger partial charge in [0.25, 0.3) is 5.91 Å². The minimum absolute atomic E-state index is 0.168. The first-order valence-electron chi connectivity index (χ1n) is 8.04. The number of amides is 1. The molecule has 2 aromatic carbocycles. The number of benzene rings is 2. The number of halogens is 5. The first-order valence-corrected chi connectivity index (χ1v) is 11.8. The molecule has 2 rings (SSSR count). The number of hydrogen-bond donors (Lipinski definition) is 2. The second-order valence-corrected chi connectivity index (χ2v) is 10.8. The zero-order valence-electron chi connectivity index (χ0n) is 15.7. The summed E-state index contributed by atoms with van der Waals surface area (Å²) < 4.78 is 102. The van der Waals surface area contributed by atoms with Gasteiger partial charge < -0.3 is 10.4 Å². The van der Waals surface area contributed by atoms with E-state index in [2.05, 4.69) is 0 Å². The molecule has 0 aromatic heterocycles. The van der Waals surface area contributed by atoms with Crippen LogP contribution in [-0.2, 0) is 24.5 Å². The highest BCUT2D eigenvalue weighted by Crippen LogP contribution is 2.38. The van der Waals surface area contributed by atoms with Crippen molar-refractivity contribution in [3.63, 3.8) is 0 Å². The molecule has 0 fully saturated rings. The van der Waals surface area contributed by atoms with Crippen molar-refractivity contribution in [3.8, 4) is 0 Å². The summed E-state index contributed by atoms with van der Waals surface area (Å²) >= 11 is 5.94. The summed E-state index contributed by atoms with van der Waals surface area (Å²) in [7, 11) is -8.97. The highest BCUT2D eigenvalue weighted by molar-refractivity contribution is 7.94. The Labute approximate surface area is 179 Å². The highest BCUT2D eigenvalue weighted by Gasteiger charge is 2.56. The molecule has 31 heavy (non-hydrogen) atoms. The van der Waals surface area contributed by atoms with Crippen molar-refractivity contribution >= 4 is 42.9 Å². The van der Waals surface area contributed by atoms with Gasteiger partial charge in [-0.1, -0.05) is 11.6 Å². The molecule has 1 amide bonds. The van der Waals surface area contributed by atoms with Crippen LogP contribution in [0.2, 0.25) is 5.02 Å². The van der Waals surface area contributed by atoms with Gasteiger partial charge in [-0.3, -0.25) is 4.79 Å². The quantitative estimate of drug-likeness (QED) is 0.478. The minimum atomic E-state index is -5.37. The predicted octanol–water partition coefficient (Wildman–Crippen LogP) is 2.97. The van der Waals surface area contributed by atoms with Crippen molar-refractivity contribution in [2.75, 3.05) is 11.6 Å². The molecule has 1 unspecified atom stereocenters. The van der Waals surface area contributed by atoms with Crippen LogP contribution in [0.5, 0.6) is 0 Å². The van der Waals surface area contributed by atoms with Gasteiger partial charge in [-0.25, -0.2) is 21.2 Å². The SMILES string of the molecule is CC(O)(C(=O)Nc1ccc(S(=O)(=O)c2ccc(F)cc2)c(S(C)(=O)=O)c1Cl)C(F)(F)F. The smallest absolute Gasteiger partial charge is 0.373 e. The Kier molecular flexibility index (Phi) is 6.50. The van der Waals surface area contributed by atoms with Gasteiger partial charge in [0.05, 0.1) is 20.5 Å². The lowest BCUT2D eigenvalue weighted by atomic mass is 10.1. The van der Waals surface area contributed by atoms with Gasteiger partial charge in [0, 0.05) is 6.26 Å². The number of carbonyl (C=O) groups excluding carboxylic acids is 1. The van der Waals surface area contributed by atoms with E-state index in [4.69, 9.17) is 11.6 Å². The summed E-state index contributed by atoms with van der Waals surface area (Å²) in [5.41, 5.74) is -4.53. The maximum Gasteiger partial charge on any atom is 0.426 e. The predicted molar refractivity (Wildman–Crippen MR) is 102 cm³/mol. The fourth-order valence-electron chi connectivity index (χ4n) is 2.31. The Morgan fingerprint density at radius 1 is 1.03 bits per heavy atom. The number of rotatable bonds is 5. The van der Waals surface area contributed by atoms with Crippen LogP contribution in [-0.4, -0.2) is 45.9 Å². The molecule has 0 radical (unpaired) electrons. The lowest BCUT2D eigenvalue weighted by Crippen LogP contribution is -2.52. The largest absolute Gasteiger partial charge is 0.426 e. The molecule has 0 saturated carbocycles. The Morgan fingerprint density at radius 3 is 2.00 bits per heavy atom. The molecule has 0 saturated heterocycles. The van der Waals surface area contributed by atoms with Gasteiger partial charge in [0.1, 0.15) is 10.7 Å². The zero-order valence-corrected chi connectivity index (χ0v) is 18.0. The Bertz CT molecular complexity index is 1240. The maximum atomic E-state index is 13.1. The zero-order chi connectivity index (χ0) is 24.0. The van der Waals surface area contributed by atoms with Gasteiger partial charge >= 0.3 is 6.18 Å². The molecule has 2 N–H and O–H groups in total. The standard InChI is InChI=1S/C17H14ClF4NO6S2/c1-16(25,17(20,21)22)15(24)23-11-7-8-12(14(13(11)18)30(2,26)27)31(28,29)10-5-3-9(19)4-6-10/h3-8,25H,1-2H3,(H,23,24). The summed E-state index contributed by atoms with van der Waals surface area (Å²) in [5, 5.41) is 10.2. The van der Waals surface area contributed by atoms with E-state index in [0.717, 1.165) is 30.3 Å². The second kappa shape index (κ2) is 8.04. The van der Waals surface area contributed by atoms with Gasteiger partial charge in [-0.05, 0) is 43.3 Å². The molecule has 0 aliphatic heterocycles. The Balaban J connectivity index is 2.67. The molecule has 2 aromatic rings. The molecule has 0 bridgehead atoms. The third kappa shape index (κ3) is 4.84. The monoisotopic (exact) mass is 503 g/mol. The van der Waals surface area contributed by atoms with Gasteiger partial charge in [0.15, 0.2) is 9.84 Å². The Morgan fingerprint density at radius 2 is 1.55 bits per heavy atom. The van der Waals surface area contributed by atoms with E-state index < -0.39 is 68.6 Å². The van der Waals surface area contributed by atoms with Crippen molar-refractivity contribution in [1.29, 1.82) is 0 Å². The van der Waals surface area contributed by atoms with Crippen LogP contribution in [0.25, 0.3) is 0 Å². The van der Waals surface area contributed by atoms with Gasteiger partial charge in [-0.15, -0.1) is 0 Å². The van der Waals surface area contributed by atoms with Gasteiger partial charge in [-0.2, -0.15) is 13.2 Å². The Hall–Kier alpha value is -2.22. The molecule has 170 valence electrons. The third-order valence-electron chi connectivity index (χ3n) is 4.09. The first-order chi connectivity index (χ1) is 13.9. The topological polar surface area (TPSA) is 118 Å². The summed E-state index contributed by atoms with van der Waals surface area (Å²) in [6.45, 7) is 0.168. The van der Waals surface area contributed by atoms with E-state index in [0.29, 0.717) is 12.3 Å². The van der Waals surface area contributed by atoms with Crippen molar-refractivity contribution < 1.29 is 44.3 Å². The number of sulfone groups is 2. The van der Waals surface area contributed by atoms with E-state index in [1.807, 2.05) is 0 Å². The lowest BCUT2D eigenvalue weighted by Gasteiger charge is -2.25. The fraction of sp³-hybridized carbons (Fsp3) is 0.235. The van der Waals surface area contributed by atoms with E-state index >= 15 is 0 Å². The summed E-state index contributed by atoms with van der Waals surface area (Å²) in [4.78, 5) is 9.57. The van der Waals surface area contributed by atoms with Crippen molar-refractivity contribution in [2.24, 2.45) is 0 Å². The number of aliphatic hydroxyl groups is 1. The summed E-state index contributed by atoms with van der Waals surface area (Å²) in [6.07, 6.45) is -4.77. The average Bonchev–Trinajstić information content (AvgIpc) is 2.61. The van der Waals surface area contributed by atoms with E-state index in [1.54, 1.807) is 5.32 Å². The van der Waals surface area contributed by atoms with Crippen LogP contribution in [0.3, 0.4) is 0 Å². The molecule has 7 nitrogen and oxygen atoms in total.